The molecule has 108 valence electrons. The van der Waals surface area contributed by atoms with Gasteiger partial charge in [0.2, 0.25) is 0 Å². The van der Waals surface area contributed by atoms with E-state index in [4.69, 9.17) is 0 Å². The zero-order valence-corrected chi connectivity index (χ0v) is 13.0. The third kappa shape index (κ3) is 8.05. The first kappa shape index (κ1) is 16.2. The lowest BCUT2D eigenvalue weighted by Crippen LogP contribution is -2.27. The normalized spacial score (nSPS) is 12.8. The Morgan fingerprint density at radius 1 is 1.00 bits per heavy atom. The second-order valence-corrected chi connectivity index (χ2v) is 6.10. The smallest absolute Gasteiger partial charge is 0.00172 e. The highest BCUT2D eigenvalue weighted by Gasteiger charge is 2.09. The Morgan fingerprint density at radius 3 is 2.37 bits per heavy atom. The molecule has 19 heavy (non-hydrogen) atoms. The lowest BCUT2D eigenvalue weighted by Gasteiger charge is -2.18. The molecule has 0 saturated carbocycles. The predicted octanol–water partition coefficient (Wildman–Crippen LogP) is 4.67. The maximum absolute atomic E-state index is 3.63. The number of hydrogen-bond donors (Lipinski definition) is 1. The second kappa shape index (κ2) is 10.0. The summed E-state index contributed by atoms with van der Waals surface area (Å²) in [4.78, 5) is 0. The van der Waals surface area contributed by atoms with Crippen LogP contribution in [0.15, 0.2) is 30.3 Å². The van der Waals surface area contributed by atoms with Crippen LogP contribution < -0.4 is 5.32 Å². The quantitative estimate of drug-likeness (QED) is 0.603. The molecule has 1 aromatic rings. The summed E-state index contributed by atoms with van der Waals surface area (Å²) in [6.45, 7) is 9.13. The molecule has 1 unspecified atom stereocenters. The van der Waals surface area contributed by atoms with Gasteiger partial charge in [0.1, 0.15) is 0 Å². The fourth-order valence-electron chi connectivity index (χ4n) is 2.48. The van der Waals surface area contributed by atoms with Crippen molar-refractivity contribution >= 4 is 0 Å². The van der Waals surface area contributed by atoms with Gasteiger partial charge in [-0.05, 0) is 43.3 Å². The van der Waals surface area contributed by atoms with E-state index in [0.29, 0.717) is 0 Å². The highest BCUT2D eigenvalue weighted by Crippen LogP contribution is 2.15. The van der Waals surface area contributed by atoms with Gasteiger partial charge < -0.3 is 5.32 Å². The molecular weight excluding hydrogens is 230 g/mol. The average Bonchev–Trinajstić information content (AvgIpc) is 2.39. The first-order chi connectivity index (χ1) is 9.22. The van der Waals surface area contributed by atoms with E-state index in [1.54, 1.807) is 0 Å². The van der Waals surface area contributed by atoms with E-state index in [1.165, 1.54) is 37.7 Å². The molecule has 0 saturated heterocycles. The van der Waals surface area contributed by atoms with Gasteiger partial charge in [-0.25, -0.2) is 0 Å². The Balaban J connectivity index is 2.39. The first-order valence-electron chi connectivity index (χ1n) is 7.97. The van der Waals surface area contributed by atoms with Crippen LogP contribution in [0.2, 0.25) is 0 Å². The topological polar surface area (TPSA) is 12.0 Å². The lowest BCUT2D eigenvalue weighted by molar-refractivity contribution is 0.409. The molecule has 1 heteroatoms. The summed E-state index contributed by atoms with van der Waals surface area (Å²) in [5, 5.41) is 3.63. The molecule has 1 nitrogen and oxygen atoms in total. The SMILES string of the molecule is CCCCCC(CNCC(C)C)Cc1ccccc1. The minimum Gasteiger partial charge on any atom is -0.316 e. The van der Waals surface area contributed by atoms with Crippen LogP contribution in [0.1, 0.15) is 52.0 Å². The van der Waals surface area contributed by atoms with Crippen molar-refractivity contribution < 1.29 is 0 Å². The maximum atomic E-state index is 3.63. The monoisotopic (exact) mass is 261 g/mol. The Bertz CT molecular complexity index is 305. The van der Waals surface area contributed by atoms with Crippen LogP contribution in [0.3, 0.4) is 0 Å². The summed E-state index contributed by atoms with van der Waals surface area (Å²) < 4.78 is 0. The van der Waals surface area contributed by atoms with Gasteiger partial charge in [-0.3, -0.25) is 0 Å². The minimum atomic E-state index is 0.744. The number of unbranched alkanes of at least 4 members (excludes halogenated alkanes) is 2. The molecule has 1 aromatic carbocycles. The van der Waals surface area contributed by atoms with E-state index in [0.717, 1.165) is 24.9 Å². The first-order valence-corrected chi connectivity index (χ1v) is 7.97. The Hall–Kier alpha value is -0.820. The molecule has 0 aromatic heterocycles. The standard InChI is InChI=1S/C18H31N/c1-4-5-7-12-18(15-19-14-16(2)3)13-17-10-8-6-9-11-17/h6,8-11,16,18-19H,4-5,7,12-15H2,1-3H3. The van der Waals surface area contributed by atoms with Crippen molar-refractivity contribution in [3.05, 3.63) is 35.9 Å². The van der Waals surface area contributed by atoms with Crippen LogP contribution in [0, 0.1) is 11.8 Å². The fourth-order valence-corrected chi connectivity index (χ4v) is 2.48. The molecule has 1 rings (SSSR count). The molecule has 0 aliphatic heterocycles. The zero-order valence-electron chi connectivity index (χ0n) is 13.0. The molecule has 0 aliphatic rings. The molecule has 0 aliphatic carbocycles. The van der Waals surface area contributed by atoms with Crippen LogP contribution in [-0.4, -0.2) is 13.1 Å². The summed E-state index contributed by atoms with van der Waals surface area (Å²) in [6.07, 6.45) is 6.63. The molecule has 0 amide bonds. The molecule has 0 fully saturated rings. The fraction of sp³-hybridized carbons (Fsp3) is 0.667. The van der Waals surface area contributed by atoms with E-state index in [2.05, 4.69) is 56.4 Å². The molecule has 0 radical (unpaired) electrons. The Labute approximate surface area is 119 Å². The van der Waals surface area contributed by atoms with Gasteiger partial charge in [-0.1, -0.05) is 70.4 Å². The van der Waals surface area contributed by atoms with Crippen molar-refractivity contribution in [2.24, 2.45) is 11.8 Å². The van der Waals surface area contributed by atoms with Crippen LogP contribution in [0.4, 0.5) is 0 Å². The van der Waals surface area contributed by atoms with Crippen molar-refractivity contribution in [3.63, 3.8) is 0 Å². The van der Waals surface area contributed by atoms with Crippen molar-refractivity contribution in [2.45, 2.75) is 52.9 Å². The summed E-state index contributed by atoms with van der Waals surface area (Å²) in [6, 6.07) is 10.9. The van der Waals surface area contributed by atoms with Crippen molar-refractivity contribution in [3.8, 4) is 0 Å². The van der Waals surface area contributed by atoms with E-state index in [1.807, 2.05) is 0 Å². The average molecular weight is 261 g/mol. The van der Waals surface area contributed by atoms with Gasteiger partial charge in [0.05, 0.1) is 0 Å². The van der Waals surface area contributed by atoms with E-state index in [-0.39, 0.29) is 0 Å². The molecular formula is C18H31N. The number of benzene rings is 1. The third-order valence-corrected chi connectivity index (χ3v) is 3.57. The van der Waals surface area contributed by atoms with Crippen LogP contribution in [0.5, 0.6) is 0 Å². The van der Waals surface area contributed by atoms with Gasteiger partial charge >= 0.3 is 0 Å². The van der Waals surface area contributed by atoms with Crippen molar-refractivity contribution in [1.29, 1.82) is 0 Å². The zero-order chi connectivity index (χ0) is 13.9. The van der Waals surface area contributed by atoms with Crippen LogP contribution in [-0.2, 0) is 6.42 Å². The van der Waals surface area contributed by atoms with Gasteiger partial charge in [0.25, 0.3) is 0 Å². The molecule has 0 heterocycles. The molecule has 1 N–H and O–H groups in total. The maximum Gasteiger partial charge on any atom is -0.00172 e. The Morgan fingerprint density at radius 2 is 1.74 bits per heavy atom. The van der Waals surface area contributed by atoms with Crippen molar-refractivity contribution in [2.75, 3.05) is 13.1 Å². The van der Waals surface area contributed by atoms with Crippen LogP contribution in [0.25, 0.3) is 0 Å². The van der Waals surface area contributed by atoms with E-state index in [9.17, 15) is 0 Å². The number of hydrogen-bond acceptors (Lipinski definition) is 1. The minimum absolute atomic E-state index is 0.744. The number of rotatable bonds is 10. The summed E-state index contributed by atoms with van der Waals surface area (Å²) >= 11 is 0. The van der Waals surface area contributed by atoms with Gasteiger partial charge in [-0.15, -0.1) is 0 Å². The largest absolute Gasteiger partial charge is 0.316 e. The lowest BCUT2D eigenvalue weighted by atomic mass is 9.93. The van der Waals surface area contributed by atoms with Crippen molar-refractivity contribution in [1.82, 2.24) is 5.32 Å². The predicted molar refractivity (Wildman–Crippen MR) is 85.5 cm³/mol. The Kier molecular flexibility index (Phi) is 8.57. The van der Waals surface area contributed by atoms with Gasteiger partial charge in [0, 0.05) is 0 Å². The summed E-state index contributed by atoms with van der Waals surface area (Å²) in [7, 11) is 0. The van der Waals surface area contributed by atoms with Gasteiger partial charge in [0.15, 0.2) is 0 Å². The molecule has 1 atom stereocenters. The van der Waals surface area contributed by atoms with E-state index >= 15 is 0 Å². The van der Waals surface area contributed by atoms with Gasteiger partial charge in [-0.2, -0.15) is 0 Å². The number of nitrogens with one attached hydrogen (secondary N) is 1. The highest BCUT2D eigenvalue weighted by atomic mass is 14.9. The molecule has 0 bridgehead atoms. The summed E-state index contributed by atoms with van der Waals surface area (Å²) in [5.41, 5.74) is 1.48. The van der Waals surface area contributed by atoms with E-state index < -0.39 is 0 Å². The molecule has 0 spiro atoms. The highest BCUT2D eigenvalue weighted by molar-refractivity contribution is 5.15. The summed E-state index contributed by atoms with van der Waals surface area (Å²) in [5.74, 6) is 1.53. The second-order valence-electron chi connectivity index (χ2n) is 6.10. The van der Waals surface area contributed by atoms with Crippen LogP contribution >= 0.6 is 0 Å². The third-order valence-electron chi connectivity index (χ3n) is 3.57.